The van der Waals surface area contributed by atoms with Crippen molar-refractivity contribution in [3.05, 3.63) is 33.8 Å². The first-order valence-corrected chi connectivity index (χ1v) is 8.56. The average Bonchev–Trinajstić information content (AvgIpc) is 2.65. The maximum atomic E-state index is 11.8. The van der Waals surface area contributed by atoms with Crippen molar-refractivity contribution in [2.45, 2.75) is 18.2 Å². The molecule has 0 spiro atoms. The minimum absolute atomic E-state index is 0.0617. The van der Waals surface area contributed by atoms with Crippen molar-refractivity contribution in [3.8, 4) is 0 Å². The number of benzene rings is 1. The number of hydrogen-bond donors (Lipinski definition) is 0. The summed E-state index contributed by atoms with van der Waals surface area (Å²) in [6.07, 6.45) is -0.103. The lowest BCUT2D eigenvalue weighted by Crippen LogP contribution is -2.26. The van der Waals surface area contributed by atoms with Crippen molar-refractivity contribution in [3.63, 3.8) is 0 Å². The molecule has 0 radical (unpaired) electrons. The summed E-state index contributed by atoms with van der Waals surface area (Å²) in [5.74, 6) is -0.273. The highest BCUT2D eigenvalue weighted by Gasteiger charge is 2.37. The SMILES string of the molecule is O=C1CC(S(=O)(=O)Cl)CN1Cc1c(Cl)cccc1Cl. The monoisotopic (exact) mass is 341 g/mol. The molecule has 1 saturated heterocycles. The summed E-state index contributed by atoms with van der Waals surface area (Å²) in [5.41, 5.74) is 0.604. The molecule has 0 N–H and O–H groups in total. The second-order valence-electron chi connectivity index (χ2n) is 4.28. The third kappa shape index (κ3) is 3.34. The molecule has 1 atom stereocenters. The number of carbonyl (C=O) groups is 1. The van der Waals surface area contributed by atoms with E-state index >= 15 is 0 Å². The zero-order valence-electron chi connectivity index (χ0n) is 9.64. The Morgan fingerprint density at radius 3 is 2.32 bits per heavy atom. The Hall–Kier alpha value is -0.490. The molecule has 1 heterocycles. The van der Waals surface area contributed by atoms with Crippen molar-refractivity contribution in [1.29, 1.82) is 0 Å². The van der Waals surface area contributed by atoms with Crippen LogP contribution in [-0.4, -0.2) is 31.0 Å². The molecule has 0 aliphatic carbocycles. The standard InChI is InChI=1S/C11H10Cl3NO3S/c12-9-2-1-3-10(13)8(9)6-15-5-7(4-11(15)16)19(14,17)18/h1-3,7H,4-6H2. The van der Waals surface area contributed by atoms with Gasteiger partial charge in [0.1, 0.15) is 5.25 Å². The molecule has 8 heteroatoms. The molecule has 104 valence electrons. The first kappa shape index (κ1) is 14.9. The summed E-state index contributed by atoms with van der Waals surface area (Å²) in [4.78, 5) is 13.2. The Morgan fingerprint density at radius 2 is 1.84 bits per heavy atom. The predicted octanol–water partition coefficient (Wildman–Crippen LogP) is 2.66. The van der Waals surface area contributed by atoms with E-state index in [-0.39, 0.29) is 25.4 Å². The highest BCUT2D eigenvalue weighted by molar-refractivity contribution is 8.14. The maximum Gasteiger partial charge on any atom is 0.237 e. The molecule has 0 bridgehead atoms. The van der Waals surface area contributed by atoms with Gasteiger partial charge in [-0.3, -0.25) is 4.79 Å². The third-order valence-corrected chi connectivity index (χ3v) is 5.56. The summed E-state index contributed by atoms with van der Waals surface area (Å²) in [6, 6.07) is 5.03. The average molecular weight is 343 g/mol. The third-order valence-electron chi connectivity index (χ3n) is 2.99. The number of halogens is 3. The van der Waals surface area contributed by atoms with Crippen LogP contribution in [-0.2, 0) is 20.4 Å². The van der Waals surface area contributed by atoms with E-state index in [0.717, 1.165) is 0 Å². The fourth-order valence-corrected chi connectivity index (χ4v) is 3.53. The number of rotatable bonds is 3. The molecule has 0 aromatic heterocycles. The topological polar surface area (TPSA) is 54.5 Å². The van der Waals surface area contributed by atoms with Gasteiger partial charge in [0.05, 0.1) is 0 Å². The van der Waals surface area contributed by atoms with E-state index in [9.17, 15) is 13.2 Å². The number of likely N-dealkylation sites (tertiary alicyclic amines) is 1. The summed E-state index contributed by atoms with van der Waals surface area (Å²) in [5, 5.41) is 0.0119. The number of nitrogens with zero attached hydrogens (tertiary/aromatic N) is 1. The lowest BCUT2D eigenvalue weighted by atomic mass is 10.2. The van der Waals surface area contributed by atoms with E-state index in [1.54, 1.807) is 18.2 Å². The molecule has 1 aliphatic heterocycles. The smallest absolute Gasteiger partial charge is 0.237 e. The maximum absolute atomic E-state index is 11.8. The Morgan fingerprint density at radius 1 is 1.26 bits per heavy atom. The summed E-state index contributed by atoms with van der Waals surface area (Å²) < 4.78 is 22.5. The zero-order valence-corrected chi connectivity index (χ0v) is 12.7. The van der Waals surface area contributed by atoms with Crippen LogP contribution >= 0.6 is 33.9 Å². The first-order chi connectivity index (χ1) is 8.79. The highest BCUT2D eigenvalue weighted by atomic mass is 35.7. The summed E-state index contributed by atoms with van der Waals surface area (Å²) >= 11 is 12.0. The van der Waals surface area contributed by atoms with Crippen LogP contribution in [0.2, 0.25) is 10.0 Å². The second-order valence-corrected chi connectivity index (χ2v) is 8.00. The lowest BCUT2D eigenvalue weighted by molar-refractivity contribution is -0.128. The van der Waals surface area contributed by atoms with Gasteiger partial charge >= 0.3 is 0 Å². The normalized spacial score (nSPS) is 20.1. The van der Waals surface area contributed by atoms with E-state index in [1.165, 1.54) is 4.90 Å². The van der Waals surface area contributed by atoms with Crippen molar-refractivity contribution in [2.75, 3.05) is 6.54 Å². The van der Waals surface area contributed by atoms with Crippen LogP contribution in [0.4, 0.5) is 0 Å². The molecule has 1 aromatic carbocycles. The van der Waals surface area contributed by atoms with Gasteiger partial charge in [-0.1, -0.05) is 29.3 Å². The van der Waals surface area contributed by atoms with E-state index in [4.69, 9.17) is 33.9 Å². The van der Waals surface area contributed by atoms with Crippen molar-refractivity contribution in [2.24, 2.45) is 0 Å². The van der Waals surface area contributed by atoms with Gasteiger partial charge in [-0.15, -0.1) is 0 Å². The molecule has 1 unspecified atom stereocenters. The molecule has 2 rings (SSSR count). The Kier molecular flexibility index (Phi) is 4.30. The van der Waals surface area contributed by atoms with Crippen LogP contribution in [0.5, 0.6) is 0 Å². The fourth-order valence-electron chi connectivity index (χ4n) is 1.95. The van der Waals surface area contributed by atoms with Crippen LogP contribution in [0.15, 0.2) is 18.2 Å². The van der Waals surface area contributed by atoms with Crippen LogP contribution < -0.4 is 0 Å². The molecule has 0 saturated carbocycles. The van der Waals surface area contributed by atoms with Gasteiger partial charge in [-0.2, -0.15) is 0 Å². The Labute approximate surface area is 125 Å². The lowest BCUT2D eigenvalue weighted by Gasteiger charge is -2.17. The van der Waals surface area contributed by atoms with Gasteiger partial charge < -0.3 is 4.90 Å². The van der Waals surface area contributed by atoms with Gasteiger partial charge in [-0.05, 0) is 12.1 Å². The molecule has 1 amide bonds. The molecular formula is C11H10Cl3NO3S. The van der Waals surface area contributed by atoms with Gasteiger partial charge in [0.25, 0.3) is 0 Å². The zero-order chi connectivity index (χ0) is 14.2. The molecule has 1 aromatic rings. The largest absolute Gasteiger partial charge is 0.337 e. The summed E-state index contributed by atoms with van der Waals surface area (Å²) in [7, 11) is 1.54. The van der Waals surface area contributed by atoms with Crippen LogP contribution in [0, 0.1) is 0 Å². The van der Waals surface area contributed by atoms with Crippen LogP contribution in [0.3, 0.4) is 0 Å². The van der Waals surface area contributed by atoms with E-state index in [2.05, 4.69) is 0 Å². The second kappa shape index (κ2) is 5.48. The molecule has 19 heavy (non-hydrogen) atoms. The van der Waals surface area contributed by atoms with E-state index in [0.29, 0.717) is 15.6 Å². The molecule has 4 nitrogen and oxygen atoms in total. The molecular weight excluding hydrogens is 333 g/mol. The quantitative estimate of drug-likeness (QED) is 0.794. The predicted molar refractivity (Wildman–Crippen MR) is 75.1 cm³/mol. The Balaban J connectivity index is 2.19. The first-order valence-electron chi connectivity index (χ1n) is 5.43. The number of amides is 1. The van der Waals surface area contributed by atoms with E-state index in [1.807, 2.05) is 0 Å². The van der Waals surface area contributed by atoms with Gasteiger partial charge in [0.2, 0.25) is 15.0 Å². The number of carbonyl (C=O) groups excluding carboxylic acids is 1. The van der Waals surface area contributed by atoms with E-state index < -0.39 is 14.3 Å². The van der Waals surface area contributed by atoms with Gasteiger partial charge in [-0.25, -0.2) is 8.42 Å². The van der Waals surface area contributed by atoms with Crippen LogP contribution in [0.1, 0.15) is 12.0 Å². The molecule has 1 fully saturated rings. The van der Waals surface area contributed by atoms with Crippen molar-refractivity contribution in [1.82, 2.24) is 4.90 Å². The number of hydrogen-bond acceptors (Lipinski definition) is 3. The van der Waals surface area contributed by atoms with Crippen LogP contribution in [0.25, 0.3) is 0 Å². The van der Waals surface area contributed by atoms with Crippen molar-refractivity contribution < 1.29 is 13.2 Å². The fraction of sp³-hybridized carbons (Fsp3) is 0.364. The summed E-state index contributed by atoms with van der Waals surface area (Å²) in [6.45, 7) is 0.243. The Bertz CT molecular complexity index is 597. The minimum Gasteiger partial charge on any atom is -0.337 e. The minimum atomic E-state index is -3.74. The van der Waals surface area contributed by atoms with Crippen molar-refractivity contribution >= 4 is 48.8 Å². The molecule has 1 aliphatic rings. The van der Waals surface area contributed by atoms with Gasteiger partial charge in [0.15, 0.2) is 0 Å². The van der Waals surface area contributed by atoms with Gasteiger partial charge in [0, 0.05) is 45.8 Å². The highest BCUT2D eigenvalue weighted by Crippen LogP contribution is 2.29.